The summed E-state index contributed by atoms with van der Waals surface area (Å²) in [5.41, 5.74) is 5.79. The first-order chi connectivity index (χ1) is 6.14. The van der Waals surface area contributed by atoms with E-state index < -0.39 is 5.60 Å². The summed E-state index contributed by atoms with van der Waals surface area (Å²) in [4.78, 5) is 3.92. The van der Waals surface area contributed by atoms with Crippen molar-refractivity contribution in [3.63, 3.8) is 0 Å². The molecule has 1 atom stereocenters. The molecule has 0 saturated heterocycles. The number of nitrogens with two attached hydrogens (primary N) is 1. The molecule has 72 valence electrons. The molecule has 0 fully saturated rings. The molecule has 0 aromatic carbocycles. The van der Waals surface area contributed by atoms with Crippen LogP contribution >= 0.6 is 0 Å². The Kier molecular flexibility index (Phi) is 3.39. The molecule has 0 amide bonds. The summed E-state index contributed by atoms with van der Waals surface area (Å²) >= 11 is 0. The molecular formula is C10H16N2O. The SMILES string of the molecule is CC(O)(CCN)Cc1ccncc1. The van der Waals surface area contributed by atoms with Gasteiger partial charge in [-0.3, -0.25) is 4.98 Å². The van der Waals surface area contributed by atoms with Crippen molar-refractivity contribution >= 4 is 0 Å². The molecule has 3 N–H and O–H groups in total. The van der Waals surface area contributed by atoms with Crippen LogP contribution < -0.4 is 5.73 Å². The lowest BCUT2D eigenvalue weighted by Gasteiger charge is -2.22. The number of aromatic nitrogens is 1. The predicted molar refractivity (Wildman–Crippen MR) is 52.2 cm³/mol. The standard InChI is InChI=1S/C10H16N2O/c1-10(13,4-5-11)8-9-2-6-12-7-3-9/h2-3,6-7,13H,4-5,8,11H2,1H3. The van der Waals surface area contributed by atoms with Crippen molar-refractivity contribution in [2.75, 3.05) is 6.54 Å². The van der Waals surface area contributed by atoms with Crippen molar-refractivity contribution in [1.82, 2.24) is 4.98 Å². The van der Waals surface area contributed by atoms with Crippen molar-refractivity contribution < 1.29 is 5.11 Å². The van der Waals surface area contributed by atoms with Gasteiger partial charge < -0.3 is 10.8 Å². The fourth-order valence-corrected chi connectivity index (χ4v) is 1.34. The molecule has 1 aromatic rings. The molecule has 0 aliphatic carbocycles. The van der Waals surface area contributed by atoms with Crippen LogP contribution in [0.15, 0.2) is 24.5 Å². The van der Waals surface area contributed by atoms with Crippen molar-refractivity contribution in [1.29, 1.82) is 0 Å². The van der Waals surface area contributed by atoms with Crippen LogP contribution in [0.5, 0.6) is 0 Å². The third-order valence-corrected chi connectivity index (χ3v) is 2.02. The maximum absolute atomic E-state index is 9.87. The highest BCUT2D eigenvalue weighted by Crippen LogP contribution is 2.15. The number of hydrogen-bond acceptors (Lipinski definition) is 3. The van der Waals surface area contributed by atoms with Crippen molar-refractivity contribution in [3.05, 3.63) is 30.1 Å². The highest BCUT2D eigenvalue weighted by molar-refractivity contribution is 5.12. The Morgan fingerprint density at radius 2 is 2.08 bits per heavy atom. The van der Waals surface area contributed by atoms with Gasteiger partial charge in [-0.2, -0.15) is 0 Å². The Hall–Kier alpha value is -0.930. The Labute approximate surface area is 78.6 Å². The van der Waals surface area contributed by atoms with E-state index in [1.807, 2.05) is 12.1 Å². The van der Waals surface area contributed by atoms with E-state index in [0.717, 1.165) is 5.56 Å². The number of nitrogens with zero attached hydrogens (tertiary/aromatic N) is 1. The number of hydrogen-bond donors (Lipinski definition) is 2. The van der Waals surface area contributed by atoms with Crippen LogP contribution in [-0.2, 0) is 6.42 Å². The minimum atomic E-state index is -0.698. The molecule has 0 spiro atoms. The van der Waals surface area contributed by atoms with Crippen LogP contribution in [0.25, 0.3) is 0 Å². The molecule has 3 heteroatoms. The van der Waals surface area contributed by atoms with E-state index in [4.69, 9.17) is 5.73 Å². The van der Waals surface area contributed by atoms with Crippen LogP contribution in [-0.4, -0.2) is 22.2 Å². The molecule has 3 nitrogen and oxygen atoms in total. The molecule has 1 rings (SSSR count). The summed E-state index contributed by atoms with van der Waals surface area (Å²) in [7, 11) is 0. The third kappa shape index (κ3) is 3.53. The van der Waals surface area contributed by atoms with Gasteiger partial charge >= 0.3 is 0 Å². The predicted octanol–water partition coefficient (Wildman–Crippen LogP) is 0.724. The van der Waals surface area contributed by atoms with Gasteiger partial charge in [0.25, 0.3) is 0 Å². The molecule has 0 bridgehead atoms. The van der Waals surface area contributed by atoms with E-state index in [1.165, 1.54) is 0 Å². The number of rotatable bonds is 4. The fraction of sp³-hybridized carbons (Fsp3) is 0.500. The second-order valence-electron chi connectivity index (χ2n) is 3.57. The minimum absolute atomic E-state index is 0.512. The fourth-order valence-electron chi connectivity index (χ4n) is 1.34. The summed E-state index contributed by atoms with van der Waals surface area (Å²) in [6.45, 7) is 2.32. The average Bonchev–Trinajstić information content (AvgIpc) is 2.04. The van der Waals surface area contributed by atoms with Gasteiger partial charge in [-0.1, -0.05) is 0 Å². The van der Waals surface area contributed by atoms with Gasteiger partial charge in [-0.15, -0.1) is 0 Å². The topological polar surface area (TPSA) is 59.1 Å². The van der Waals surface area contributed by atoms with E-state index in [-0.39, 0.29) is 0 Å². The van der Waals surface area contributed by atoms with Gasteiger partial charge in [-0.25, -0.2) is 0 Å². The largest absolute Gasteiger partial charge is 0.390 e. The van der Waals surface area contributed by atoms with Crippen LogP contribution in [0.2, 0.25) is 0 Å². The summed E-state index contributed by atoms with van der Waals surface area (Å²) in [5.74, 6) is 0. The Morgan fingerprint density at radius 3 is 2.62 bits per heavy atom. The van der Waals surface area contributed by atoms with Crippen molar-refractivity contribution in [2.24, 2.45) is 5.73 Å². The molecule has 1 aromatic heterocycles. The van der Waals surface area contributed by atoms with Crippen molar-refractivity contribution in [2.45, 2.75) is 25.4 Å². The van der Waals surface area contributed by atoms with E-state index in [2.05, 4.69) is 4.98 Å². The first-order valence-electron chi connectivity index (χ1n) is 4.45. The number of aliphatic hydroxyl groups is 1. The summed E-state index contributed by atoms with van der Waals surface area (Å²) in [6, 6.07) is 3.82. The molecule has 0 aliphatic heterocycles. The molecular weight excluding hydrogens is 164 g/mol. The zero-order chi connectivity index (χ0) is 9.73. The van der Waals surface area contributed by atoms with Crippen molar-refractivity contribution in [3.8, 4) is 0 Å². The van der Waals surface area contributed by atoms with Crippen LogP contribution in [0.4, 0.5) is 0 Å². The lowest BCUT2D eigenvalue weighted by Crippen LogP contribution is -2.30. The quantitative estimate of drug-likeness (QED) is 0.718. The summed E-state index contributed by atoms with van der Waals surface area (Å²) < 4.78 is 0. The lowest BCUT2D eigenvalue weighted by molar-refractivity contribution is 0.0539. The Balaban J connectivity index is 2.58. The second kappa shape index (κ2) is 4.35. The molecule has 1 heterocycles. The molecule has 0 aliphatic rings. The van der Waals surface area contributed by atoms with Gasteiger partial charge in [-0.05, 0) is 37.6 Å². The van der Waals surface area contributed by atoms with Gasteiger partial charge in [0.05, 0.1) is 5.60 Å². The molecule has 13 heavy (non-hydrogen) atoms. The smallest absolute Gasteiger partial charge is 0.0672 e. The average molecular weight is 180 g/mol. The van der Waals surface area contributed by atoms with Gasteiger partial charge in [0.1, 0.15) is 0 Å². The zero-order valence-corrected chi connectivity index (χ0v) is 7.90. The number of pyridine rings is 1. The van der Waals surface area contributed by atoms with Gasteiger partial charge in [0, 0.05) is 18.8 Å². The summed E-state index contributed by atoms with van der Waals surface area (Å²) in [6.07, 6.45) is 4.71. The molecule has 0 saturated carbocycles. The maximum Gasteiger partial charge on any atom is 0.0672 e. The van der Waals surface area contributed by atoms with Crippen LogP contribution in [0.3, 0.4) is 0 Å². The van der Waals surface area contributed by atoms with E-state index in [9.17, 15) is 5.11 Å². The van der Waals surface area contributed by atoms with Gasteiger partial charge in [0.15, 0.2) is 0 Å². The monoisotopic (exact) mass is 180 g/mol. The van der Waals surface area contributed by atoms with Crippen LogP contribution in [0, 0.1) is 0 Å². The highest BCUT2D eigenvalue weighted by atomic mass is 16.3. The van der Waals surface area contributed by atoms with E-state index >= 15 is 0 Å². The maximum atomic E-state index is 9.87. The normalized spacial score (nSPS) is 15.3. The zero-order valence-electron chi connectivity index (χ0n) is 7.90. The minimum Gasteiger partial charge on any atom is -0.390 e. The first-order valence-corrected chi connectivity index (χ1v) is 4.45. The molecule has 0 radical (unpaired) electrons. The second-order valence-corrected chi connectivity index (χ2v) is 3.57. The molecule has 1 unspecified atom stereocenters. The van der Waals surface area contributed by atoms with Gasteiger partial charge in [0.2, 0.25) is 0 Å². The van der Waals surface area contributed by atoms with E-state index in [0.29, 0.717) is 19.4 Å². The lowest BCUT2D eigenvalue weighted by atomic mass is 9.94. The van der Waals surface area contributed by atoms with Crippen LogP contribution in [0.1, 0.15) is 18.9 Å². The Morgan fingerprint density at radius 1 is 1.46 bits per heavy atom. The summed E-state index contributed by atoms with van der Waals surface area (Å²) in [5, 5.41) is 9.87. The third-order valence-electron chi connectivity index (χ3n) is 2.02. The first kappa shape index (κ1) is 10.2. The Bertz CT molecular complexity index is 246. The highest BCUT2D eigenvalue weighted by Gasteiger charge is 2.19. The van der Waals surface area contributed by atoms with E-state index in [1.54, 1.807) is 19.3 Å².